The number of carbonyl (C=O) groups excluding carboxylic acids is 2. The second-order valence-electron chi connectivity index (χ2n) is 7.14. The van der Waals surface area contributed by atoms with E-state index in [1.807, 2.05) is 6.07 Å². The summed E-state index contributed by atoms with van der Waals surface area (Å²) in [6.07, 6.45) is 2.25. The van der Waals surface area contributed by atoms with Gasteiger partial charge in [0.15, 0.2) is 5.76 Å². The van der Waals surface area contributed by atoms with Gasteiger partial charge < -0.3 is 19.4 Å². The molecule has 2 fully saturated rings. The highest BCUT2D eigenvalue weighted by molar-refractivity contribution is 5.91. The molecule has 138 valence electrons. The van der Waals surface area contributed by atoms with Crippen LogP contribution in [0.3, 0.4) is 0 Å². The molecule has 1 atom stereocenters. The molecule has 2 amide bonds. The highest BCUT2D eigenvalue weighted by Gasteiger charge is 2.24. The molecule has 0 aromatic carbocycles. The van der Waals surface area contributed by atoms with Gasteiger partial charge in [-0.15, -0.1) is 0 Å². The number of nitrogens with zero attached hydrogens (tertiary/aromatic N) is 2. The van der Waals surface area contributed by atoms with Crippen LogP contribution in [-0.2, 0) is 16.1 Å². The summed E-state index contributed by atoms with van der Waals surface area (Å²) in [5.41, 5.74) is 0. The summed E-state index contributed by atoms with van der Waals surface area (Å²) in [5, 5.41) is 2.82. The van der Waals surface area contributed by atoms with Gasteiger partial charge in [-0.2, -0.15) is 0 Å². The van der Waals surface area contributed by atoms with E-state index in [-0.39, 0.29) is 24.5 Å². The van der Waals surface area contributed by atoms with Crippen molar-refractivity contribution in [2.24, 2.45) is 5.92 Å². The van der Waals surface area contributed by atoms with Crippen LogP contribution in [0, 0.1) is 5.92 Å². The number of piperidine rings is 1. The average molecular weight is 349 g/mol. The first-order valence-electron chi connectivity index (χ1n) is 8.96. The van der Waals surface area contributed by atoms with Crippen LogP contribution < -0.4 is 5.32 Å². The van der Waals surface area contributed by atoms with Crippen molar-refractivity contribution in [1.82, 2.24) is 15.1 Å². The number of nitrogens with one attached hydrogen (secondary N) is 1. The van der Waals surface area contributed by atoms with E-state index in [1.54, 1.807) is 18.0 Å². The number of amides is 2. The molecule has 0 spiro atoms. The van der Waals surface area contributed by atoms with Crippen molar-refractivity contribution in [2.75, 3.05) is 39.8 Å². The molecule has 2 aliphatic heterocycles. The quantitative estimate of drug-likeness (QED) is 0.862. The molecule has 1 N–H and O–H groups in total. The van der Waals surface area contributed by atoms with Gasteiger partial charge in [-0.25, -0.2) is 0 Å². The maximum atomic E-state index is 12.2. The van der Waals surface area contributed by atoms with E-state index in [0.29, 0.717) is 18.8 Å². The Labute approximate surface area is 148 Å². The van der Waals surface area contributed by atoms with Crippen molar-refractivity contribution < 1.29 is 18.7 Å². The molecule has 0 aliphatic carbocycles. The van der Waals surface area contributed by atoms with Crippen molar-refractivity contribution in [1.29, 1.82) is 0 Å². The van der Waals surface area contributed by atoms with Gasteiger partial charge in [0.05, 0.1) is 12.6 Å². The molecular formula is C18H27N3O4. The standard InChI is InChI=1S/C18H27N3O4/c1-13-5-7-21(8-6-13)11-14-3-4-16(25-14)18(23)19-9-15-10-20(2)17(22)12-24-15/h3-4,13,15H,5-12H2,1-2H3,(H,19,23). The average Bonchev–Trinajstić information content (AvgIpc) is 3.06. The molecule has 7 heteroatoms. The van der Waals surface area contributed by atoms with E-state index in [1.165, 1.54) is 12.8 Å². The summed E-state index contributed by atoms with van der Waals surface area (Å²) in [6.45, 7) is 6.10. The Morgan fingerprint density at radius 1 is 1.32 bits per heavy atom. The van der Waals surface area contributed by atoms with Crippen molar-refractivity contribution in [3.63, 3.8) is 0 Å². The molecule has 2 aliphatic rings. The van der Waals surface area contributed by atoms with Crippen molar-refractivity contribution in [2.45, 2.75) is 32.4 Å². The van der Waals surface area contributed by atoms with Crippen LogP contribution in [0.5, 0.6) is 0 Å². The molecule has 1 unspecified atom stereocenters. The van der Waals surface area contributed by atoms with Gasteiger partial charge in [-0.1, -0.05) is 6.92 Å². The molecule has 25 heavy (non-hydrogen) atoms. The van der Waals surface area contributed by atoms with E-state index >= 15 is 0 Å². The summed E-state index contributed by atoms with van der Waals surface area (Å²) in [4.78, 5) is 27.6. The zero-order valence-corrected chi connectivity index (χ0v) is 15.0. The number of hydrogen-bond donors (Lipinski definition) is 1. The second-order valence-corrected chi connectivity index (χ2v) is 7.14. The maximum absolute atomic E-state index is 12.2. The van der Waals surface area contributed by atoms with Gasteiger partial charge in [0.1, 0.15) is 12.4 Å². The van der Waals surface area contributed by atoms with Crippen molar-refractivity contribution in [3.8, 4) is 0 Å². The minimum Gasteiger partial charge on any atom is -0.455 e. The Balaban J connectivity index is 1.45. The largest absolute Gasteiger partial charge is 0.455 e. The van der Waals surface area contributed by atoms with E-state index < -0.39 is 0 Å². The zero-order chi connectivity index (χ0) is 17.8. The monoisotopic (exact) mass is 349 g/mol. The summed E-state index contributed by atoms with van der Waals surface area (Å²) in [7, 11) is 1.74. The summed E-state index contributed by atoms with van der Waals surface area (Å²) in [6, 6.07) is 3.59. The minimum absolute atomic E-state index is 0.0367. The fourth-order valence-corrected chi connectivity index (χ4v) is 3.20. The van der Waals surface area contributed by atoms with E-state index in [2.05, 4.69) is 17.1 Å². The highest BCUT2D eigenvalue weighted by Crippen LogP contribution is 2.19. The van der Waals surface area contributed by atoms with Crippen LogP contribution in [-0.4, -0.2) is 67.6 Å². The van der Waals surface area contributed by atoms with Crippen LogP contribution in [0.1, 0.15) is 36.1 Å². The summed E-state index contributed by atoms with van der Waals surface area (Å²) >= 11 is 0. The third-order valence-corrected chi connectivity index (χ3v) is 4.98. The van der Waals surface area contributed by atoms with Gasteiger partial charge in [0.25, 0.3) is 5.91 Å². The van der Waals surface area contributed by atoms with Gasteiger partial charge in [-0.3, -0.25) is 14.5 Å². The summed E-state index contributed by atoms with van der Waals surface area (Å²) < 4.78 is 11.1. The van der Waals surface area contributed by atoms with Crippen molar-refractivity contribution >= 4 is 11.8 Å². The van der Waals surface area contributed by atoms with Gasteiger partial charge in [0.2, 0.25) is 5.91 Å². The van der Waals surface area contributed by atoms with Crippen LogP contribution in [0.4, 0.5) is 0 Å². The van der Waals surface area contributed by atoms with Crippen LogP contribution in [0.15, 0.2) is 16.5 Å². The number of rotatable bonds is 5. The third kappa shape index (κ3) is 4.83. The topological polar surface area (TPSA) is 75.0 Å². The number of likely N-dealkylation sites (tertiary alicyclic amines) is 1. The SMILES string of the molecule is CC1CCN(Cc2ccc(C(=O)NCC3CN(C)C(=O)CO3)o2)CC1. The van der Waals surface area contributed by atoms with Crippen LogP contribution >= 0.6 is 0 Å². The predicted octanol–water partition coefficient (Wildman–Crippen LogP) is 1.10. The first-order chi connectivity index (χ1) is 12.0. The van der Waals surface area contributed by atoms with E-state index in [4.69, 9.17) is 9.15 Å². The third-order valence-electron chi connectivity index (χ3n) is 4.98. The molecule has 0 saturated carbocycles. The minimum atomic E-state index is -0.248. The lowest BCUT2D eigenvalue weighted by atomic mass is 9.99. The van der Waals surface area contributed by atoms with Crippen LogP contribution in [0.25, 0.3) is 0 Å². The molecule has 0 radical (unpaired) electrons. The first-order valence-corrected chi connectivity index (χ1v) is 8.96. The lowest BCUT2D eigenvalue weighted by Crippen LogP contribution is -2.48. The lowest BCUT2D eigenvalue weighted by molar-refractivity contribution is -0.146. The van der Waals surface area contributed by atoms with Gasteiger partial charge in [0, 0.05) is 20.1 Å². The Kier molecular flexibility index (Phi) is 5.75. The number of hydrogen-bond acceptors (Lipinski definition) is 5. The number of ether oxygens (including phenoxy) is 1. The molecule has 0 bridgehead atoms. The normalized spacial score (nSPS) is 23.0. The first kappa shape index (κ1) is 17.9. The Morgan fingerprint density at radius 3 is 2.80 bits per heavy atom. The molecular weight excluding hydrogens is 322 g/mol. The fourth-order valence-electron chi connectivity index (χ4n) is 3.20. The molecule has 3 heterocycles. The molecule has 1 aromatic heterocycles. The highest BCUT2D eigenvalue weighted by atomic mass is 16.5. The fraction of sp³-hybridized carbons (Fsp3) is 0.667. The predicted molar refractivity (Wildman–Crippen MR) is 92.1 cm³/mol. The smallest absolute Gasteiger partial charge is 0.287 e. The number of furan rings is 1. The van der Waals surface area contributed by atoms with Gasteiger partial charge >= 0.3 is 0 Å². The van der Waals surface area contributed by atoms with Gasteiger partial charge in [-0.05, 0) is 44.0 Å². The Bertz CT molecular complexity index is 607. The Hall–Kier alpha value is -1.86. The second kappa shape index (κ2) is 8.01. The van der Waals surface area contributed by atoms with E-state index in [0.717, 1.165) is 31.3 Å². The lowest BCUT2D eigenvalue weighted by Gasteiger charge is -2.29. The number of carbonyl (C=O) groups is 2. The number of likely N-dealkylation sites (N-methyl/N-ethyl adjacent to an activating group) is 1. The Morgan fingerprint density at radius 2 is 2.08 bits per heavy atom. The summed E-state index contributed by atoms with van der Waals surface area (Å²) in [5.74, 6) is 1.65. The van der Waals surface area contributed by atoms with Crippen molar-refractivity contribution in [3.05, 3.63) is 23.7 Å². The number of morpholine rings is 1. The maximum Gasteiger partial charge on any atom is 0.287 e. The molecule has 3 rings (SSSR count). The molecule has 7 nitrogen and oxygen atoms in total. The van der Waals surface area contributed by atoms with Crippen LogP contribution in [0.2, 0.25) is 0 Å². The molecule has 2 saturated heterocycles. The zero-order valence-electron chi connectivity index (χ0n) is 15.0. The van der Waals surface area contributed by atoms with E-state index in [9.17, 15) is 9.59 Å². The molecule has 1 aromatic rings.